The van der Waals surface area contributed by atoms with E-state index in [1.807, 2.05) is 6.92 Å². The molecule has 0 aromatic heterocycles. The van der Waals surface area contributed by atoms with E-state index in [-0.39, 0.29) is 11.9 Å². The maximum Gasteiger partial charge on any atom is 0.217 e. The summed E-state index contributed by atoms with van der Waals surface area (Å²) >= 11 is 0. The molecule has 3 nitrogen and oxygen atoms in total. The highest BCUT2D eigenvalue weighted by Crippen LogP contribution is 2.11. The van der Waals surface area contributed by atoms with Gasteiger partial charge in [0, 0.05) is 0 Å². The molecule has 0 bridgehead atoms. The average molecular weight is 144 g/mol. The normalized spacial score (nSPS) is 33.8. The Bertz CT molecular complexity index is 133. The van der Waals surface area contributed by atoms with Gasteiger partial charge in [0.1, 0.15) is 0 Å². The molecule has 0 spiro atoms. The number of hydrogen-bond donors (Lipinski definition) is 0. The zero-order valence-corrected chi connectivity index (χ0v) is 6.29. The van der Waals surface area contributed by atoms with Crippen molar-refractivity contribution in [1.29, 1.82) is 0 Å². The zero-order valence-electron chi connectivity index (χ0n) is 6.29. The zero-order chi connectivity index (χ0) is 7.56. The van der Waals surface area contributed by atoms with Gasteiger partial charge in [0.15, 0.2) is 5.78 Å². The lowest BCUT2D eigenvalue weighted by molar-refractivity contribution is -0.205. The second-order valence-electron chi connectivity index (χ2n) is 2.55. The molecule has 2 atom stereocenters. The van der Waals surface area contributed by atoms with Crippen LogP contribution < -0.4 is 0 Å². The standard InChI is InChI=1S/C7H12O3/c1-5-3-4-9-7(10-5)6(2)8/h5,7H,3-4H2,1-2H3/t5-,7+/m0/s1. The summed E-state index contributed by atoms with van der Waals surface area (Å²) in [6, 6.07) is 0. The van der Waals surface area contributed by atoms with Crippen LogP contribution in [-0.2, 0) is 14.3 Å². The van der Waals surface area contributed by atoms with Crippen molar-refractivity contribution >= 4 is 5.78 Å². The highest BCUT2D eigenvalue weighted by molar-refractivity contribution is 5.79. The highest BCUT2D eigenvalue weighted by Gasteiger charge is 2.22. The van der Waals surface area contributed by atoms with Gasteiger partial charge in [-0.15, -0.1) is 0 Å². The van der Waals surface area contributed by atoms with Crippen LogP contribution in [0.5, 0.6) is 0 Å². The van der Waals surface area contributed by atoms with Gasteiger partial charge in [-0.05, 0) is 20.3 Å². The Kier molecular flexibility index (Phi) is 2.40. The first-order chi connectivity index (χ1) is 4.70. The summed E-state index contributed by atoms with van der Waals surface area (Å²) in [6.07, 6.45) is 0.426. The van der Waals surface area contributed by atoms with Crippen LogP contribution in [0.1, 0.15) is 20.3 Å². The summed E-state index contributed by atoms with van der Waals surface area (Å²) in [6.45, 7) is 4.05. The second-order valence-corrected chi connectivity index (χ2v) is 2.55. The molecule has 1 saturated heterocycles. The third-order valence-electron chi connectivity index (χ3n) is 1.48. The van der Waals surface area contributed by atoms with E-state index in [0.717, 1.165) is 6.42 Å². The molecular formula is C7H12O3. The van der Waals surface area contributed by atoms with Crippen LogP contribution in [0.2, 0.25) is 0 Å². The fraction of sp³-hybridized carbons (Fsp3) is 0.857. The van der Waals surface area contributed by atoms with E-state index in [0.29, 0.717) is 6.61 Å². The van der Waals surface area contributed by atoms with E-state index in [2.05, 4.69) is 0 Å². The molecule has 10 heavy (non-hydrogen) atoms. The van der Waals surface area contributed by atoms with Crippen molar-refractivity contribution < 1.29 is 14.3 Å². The van der Waals surface area contributed by atoms with Crippen molar-refractivity contribution in [3.63, 3.8) is 0 Å². The Morgan fingerprint density at radius 2 is 2.30 bits per heavy atom. The summed E-state index contributed by atoms with van der Waals surface area (Å²) in [7, 11) is 0. The predicted molar refractivity (Wildman–Crippen MR) is 35.6 cm³/mol. The van der Waals surface area contributed by atoms with Gasteiger partial charge in [-0.25, -0.2) is 0 Å². The van der Waals surface area contributed by atoms with E-state index in [1.165, 1.54) is 6.92 Å². The van der Waals surface area contributed by atoms with Crippen molar-refractivity contribution in [3.05, 3.63) is 0 Å². The van der Waals surface area contributed by atoms with Crippen molar-refractivity contribution in [2.45, 2.75) is 32.7 Å². The average Bonchev–Trinajstić information content (AvgIpc) is 1.88. The van der Waals surface area contributed by atoms with Gasteiger partial charge < -0.3 is 9.47 Å². The number of Topliss-reactive ketones (excluding diaryl/α,β-unsaturated/α-hetero) is 1. The van der Waals surface area contributed by atoms with Crippen molar-refractivity contribution in [2.24, 2.45) is 0 Å². The fourth-order valence-electron chi connectivity index (χ4n) is 0.873. The summed E-state index contributed by atoms with van der Waals surface area (Å²) in [4.78, 5) is 10.7. The van der Waals surface area contributed by atoms with Crippen LogP contribution in [0, 0.1) is 0 Å². The lowest BCUT2D eigenvalue weighted by atomic mass is 10.2. The van der Waals surface area contributed by atoms with Crippen LogP contribution in [0.3, 0.4) is 0 Å². The lowest BCUT2D eigenvalue weighted by Gasteiger charge is -2.25. The van der Waals surface area contributed by atoms with Crippen molar-refractivity contribution in [2.75, 3.05) is 6.61 Å². The molecule has 0 aromatic rings. The second kappa shape index (κ2) is 3.12. The van der Waals surface area contributed by atoms with Gasteiger partial charge in [-0.2, -0.15) is 0 Å². The number of carbonyl (C=O) groups excluding carboxylic acids is 1. The summed E-state index contributed by atoms with van der Waals surface area (Å²) in [5.74, 6) is -0.0495. The van der Waals surface area contributed by atoms with E-state index >= 15 is 0 Å². The Morgan fingerprint density at radius 1 is 1.60 bits per heavy atom. The quantitative estimate of drug-likeness (QED) is 0.544. The molecule has 3 heteroatoms. The third-order valence-corrected chi connectivity index (χ3v) is 1.48. The number of rotatable bonds is 1. The molecule has 58 valence electrons. The maximum absolute atomic E-state index is 10.7. The molecule has 1 rings (SSSR count). The Hall–Kier alpha value is -0.410. The minimum absolute atomic E-state index is 0.0495. The van der Waals surface area contributed by atoms with Gasteiger partial charge in [0.25, 0.3) is 0 Å². The van der Waals surface area contributed by atoms with Crippen molar-refractivity contribution in [1.82, 2.24) is 0 Å². The Labute approximate surface area is 60.3 Å². The molecule has 0 radical (unpaired) electrons. The molecule has 0 unspecified atom stereocenters. The van der Waals surface area contributed by atoms with Gasteiger partial charge in [-0.1, -0.05) is 0 Å². The molecule has 1 fully saturated rings. The number of ether oxygens (including phenoxy) is 2. The minimum Gasteiger partial charge on any atom is -0.346 e. The molecule has 1 heterocycles. The first kappa shape index (κ1) is 7.69. The van der Waals surface area contributed by atoms with E-state index in [4.69, 9.17) is 9.47 Å². The monoisotopic (exact) mass is 144 g/mol. The summed E-state index contributed by atoms with van der Waals surface area (Å²) in [5, 5.41) is 0. The molecular weight excluding hydrogens is 132 g/mol. The minimum atomic E-state index is -0.608. The molecule has 0 aromatic carbocycles. The Morgan fingerprint density at radius 3 is 2.70 bits per heavy atom. The first-order valence-electron chi connectivity index (χ1n) is 3.47. The molecule has 1 aliphatic heterocycles. The predicted octanol–water partition coefficient (Wildman–Crippen LogP) is 0.727. The van der Waals surface area contributed by atoms with Crippen LogP contribution in [0.4, 0.5) is 0 Å². The molecule has 0 amide bonds. The van der Waals surface area contributed by atoms with Crippen LogP contribution in [0.25, 0.3) is 0 Å². The topological polar surface area (TPSA) is 35.5 Å². The number of carbonyl (C=O) groups is 1. The van der Waals surface area contributed by atoms with Gasteiger partial charge in [-0.3, -0.25) is 4.79 Å². The van der Waals surface area contributed by atoms with E-state index in [9.17, 15) is 4.79 Å². The SMILES string of the molecule is CC(=O)[C@@H]1OCC[C@H](C)O1. The van der Waals surface area contributed by atoms with Gasteiger partial charge >= 0.3 is 0 Å². The summed E-state index contributed by atoms with van der Waals surface area (Å²) < 4.78 is 10.2. The van der Waals surface area contributed by atoms with Gasteiger partial charge in [0.2, 0.25) is 6.29 Å². The molecule has 1 aliphatic rings. The number of ketones is 1. The maximum atomic E-state index is 10.7. The fourth-order valence-corrected chi connectivity index (χ4v) is 0.873. The smallest absolute Gasteiger partial charge is 0.217 e. The Balaban J connectivity index is 2.39. The van der Waals surface area contributed by atoms with Crippen LogP contribution in [0.15, 0.2) is 0 Å². The van der Waals surface area contributed by atoms with Crippen LogP contribution in [-0.4, -0.2) is 24.8 Å². The first-order valence-corrected chi connectivity index (χ1v) is 3.47. The molecule has 0 N–H and O–H groups in total. The van der Waals surface area contributed by atoms with Gasteiger partial charge in [0.05, 0.1) is 12.7 Å². The van der Waals surface area contributed by atoms with E-state index in [1.54, 1.807) is 0 Å². The number of hydrogen-bond acceptors (Lipinski definition) is 3. The van der Waals surface area contributed by atoms with Crippen molar-refractivity contribution in [3.8, 4) is 0 Å². The van der Waals surface area contributed by atoms with E-state index < -0.39 is 6.29 Å². The third kappa shape index (κ3) is 1.78. The molecule has 0 aliphatic carbocycles. The molecule has 0 saturated carbocycles. The van der Waals surface area contributed by atoms with Crippen LogP contribution >= 0.6 is 0 Å². The lowest BCUT2D eigenvalue weighted by Crippen LogP contribution is -2.35. The summed E-state index contributed by atoms with van der Waals surface area (Å²) in [5.41, 5.74) is 0. The highest BCUT2D eigenvalue weighted by atomic mass is 16.7. The largest absolute Gasteiger partial charge is 0.346 e.